The Morgan fingerprint density at radius 2 is 1.73 bits per heavy atom. The lowest BCUT2D eigenvalue weighted by Gasteiger charge is -2.27. The summed E-state index contributed by atoms with van der Waals surface area (Å²) in [6.07, 6.45) is 15.1. The van der Waals surface area contributed by atoms with Crippen LogP contribution in [0.25, 0.3) is 0 Å². The standard InChI is InChI=1S/C14H26N/c1-4-5-6-7-8-9-12-15(3)13-10-11-14(15)2/h10-11,13H,4-9,12H2,1-3H3/q+1. The van der Waals surface area contributed by atoms with Crippen molar-refractivity contribution in [2.24, 2.45) is 0 Å². The molecule has 0 bridgehead atoms. The van der Waals surface area contributed by atoms with Crippen molar-refractivity contribution in [2.45, 2.75) is 52.4 Å². The molecule has 15 heavy (non-hydrogen) atoms. The first-order valence-electron chi connectivity index (χ1n) is 6.41. The van der Waals surface area contributed by atoms with Gasteiger partial charge in [-0.1, -0.05) is 32.6 Å². The fourth-order valence-corrected chi connectivity index (χ4v) is 2.13. The van der Waals surface area contributed by atoms with Crippen LogP contribution in [-0.2, 0) is 0 Å². The maximum absolute atomic E-state index is 2.31. The molecule has 1 aliphatic rings. The average Bonchev–Trinajstić information content (AvgIpc) is 2.54. The summed E-state index contributed by atoms with van der Waals surface area (Å²) in [6, 6.07) is 0. The minimum absolute atomic E-state index is 1.04. The van der Waals surface area contributed by atoms with E-state index in [1.165, 1.54) is 50.8 Å². The summed E-state index contributed by atoms with van der Waals surface area (Å²) >= 11 is 0. The van der Waals surface area contributed by atoms with Crippen LogP contribution in [-0.4, -0.2) is 18.1 Å². The van der Waals surface area contributed by atoms with Gasteiger partial charge in [-0.3, -0.25) is 4.48 Å². The van der Waals surface area contributed by atoms with Gasteiger partial charge < -0.3 is 0 Å². The van der Waals surface area contributed by atoms with Crippen LogP contribution < -0.4 is 0 Å². The molecule has 0 radical (unpaired) electrons. The molecule has 0 saturated heterocycles. The molecular weight excluding hydrogens is 182 g/mol. The Labute approximate surface area is 95.1 Å². The summed E-state index contributed by atoms with van der Waals surface area (Å²) in [4.78, 5) is 0. The van der Waals surface area contributed by atoms with E-state index in [9.17, 15) is 0 Å². The molecule has 0 saturated carbocycles. The molecule has 1 heterocycles. The minimum Gasteiger partial charge on any atom is -0.271 e. The molecule has 0 fully saturated rings. The first kappa shape index (κ1) is 12.5. The lowest BCUT2D eigenvalue weighted by atomic mass is 10.1. The number of quaternary nitrogens is 1. The van der Waals surface area contributed by atoms with Crippen LogP contribution in [0, 0.1) is 0 Å². The zero-order chi connectivity index (χ0) is 11.1. The van der Waals surface area contributed by atoms with Gasteiger partial charge in [0.1, 0.15) is 11.9 Å². The number of hydrogen-bond donors (Lipinski definition) is 0. The van der Waals surface area contributed by atoms with E-state index < -0.39 is 0 Å². The van der Waals surface area contributed by atoms with E-state index in [2.05, 4.69) is 39.2 Å². The van der Waals surface area contributed by atoms with Gasteiger partial charge in [0, 0.05) is 6.92 Å². The summed E-state index contributed by atoms with van der Waals surface area (Å²) < 4.78 is 1.04. The Morgan fingerprint density at radius 3 is 2.33 bits per heavy atom. The molecule has 1 aliphatic heterocycles. The summed E-state index contributed by atoms with van der Waals surface area (Å²) in [7, 11) is 2.31. The van der Waals surface area contributed by atoms with Crippen molar-refractivity contribution in [1.29, 1.82) is 0 Å². The molecule has 0 aromatic heterocycles. The molecule has 0 spiro atoms. The Bertz CT molecular complexity index is 240. The third-order valence-electron chi connectivity index (χ3n) is 3.53. The van der Waals surface area contributed by atoms with Crippen molar-refractivity contribution in [3.05, 3.63) is 24.0 Å². The van der Waals surface area contributed by atoms with Crippen molar-refractivity contribution in [3.63, 3.8) is 0 Å². The lowest BCUT2D eigenvalue weighted by molar-refractivity contribution is -0.818. The van der Waals surface area contributed by atoms with Gasteiger partial charge in [-0.2, -0.15) is 0 Å². The molecule has 1 unspecified atom stereocenters. The Hall–Kier alpha value is -0.560. The highest BCUT2D eigenvalue weighted by molar-refractivity contribution is 5.10. The number of allylic oxidation sites excluding steroid dienone is 3. The summed E-state index contributed by atoms with van der Waals surface area (Å²) in [6.45, 7) is 5.78. The van der Waals surface area contributed by atoms with E-state index in [0.29, 0.717) is 0 Å². The highest BCUT2D eigenvalue weighted by Gasteiger charge is 2.23. The van der Waals surface area contributed by atoms with Gasteiger partial charge in [0.05, 0.1) is 13.6 Å². The van der Waals surface area contributed by atoms with Crippen molar-refractivity contribution in [3.8, 4) is 0 Å². The molecular formula is C14H26N+. The highest BCUT2D eigenvalue weighted by atomic mass is 15.3. The van der Waals surface area contributed by atoms with E-state index in [-0.39, 0.29) is 0 Å². The molecule has 0 amide bonds. The molecule has 0 aliphatic carbocycles. The molecule has 1 heteroatoms. The molecule has 86 valence electrons. The predicted octanol–water partition coefficient (Wildman–Crippen LogP) is 4.22. The third kappa shape index (κ3) is 3.83. The van der Waals surface area contributed by atoms with Gasteiger partial charge >= 0.3 is 0 Å². The van der Waals surface area contributed by atoms with Crippen molar-refractivity contribution in [1.82, 2.24) is 0 Å². The smallest absolute Gasteiger partial charge is 0.110 e. The van der Waals surface area contributed by atoms with E-state index in [1.54, 1.807) is 0 Å². The highest BCUT2D eigenvalue weighted by Crippen LogP contribution is 2.22. The summed E-state index contributed by atoms with van der Waals surface area (Å²) in [5, 5.41) is 0. The van der Waals surface area contributed by atoms with Gasteiger partial charge in [0.15, 0.2) is 0 Å². The predicted molar refractivity (Wildman–Crippen MR) is 67.3 cm³/mol. The van der Waals surface area contributed by atoms with Crippen molar-refractivity contribution >= 4 is 0 Å². The van der Waals surface area contributed by atoms with E-state index in [0.717, 1.165) is 4.48 Å². The topological polar surface area (TPSA) is 0 Å². The van der Waals surface area contributed by atoms with Gasteiger partial charge in [0.2, 0.25) is 0 Å². The molecule has 0 N–H and O–H groups in total. The molecule has 1 rings (SSSR count). The number of hydrogen-bond acceptors (Lipinski definition) is 0. The van der Waals surface area contributed by atoms with Crippen LogP contribution >= 0.6 is 0 Å². The Kier molecular flexibility index (Phi) is 5.10. The van der Waals surface area contributed by atoms with Gasteiger partial charge in [-0.05, 0) is 25.0 Å². The quantitative estimate of drug-likeness (QED) is 0.434. The number of unbranched alkanes of at least 4 members (excludes halogenated alkanes) is 5. The van der Waals surface area contributed by atoms with E-state index >= 15 is 0 Å². The van der Waals surface area contributed by atoms with Crippen molar-refractivity contribution in [2.75, 3.05) is 13.6 Å². The van der Waals surface area contributed by atoms with E-state index in [1.807, 2.05) is 0 Å². The van der Waals surface area contributed by atoms with Crippen LogP contribution in [0.2, 0.25) is 0 Å². The minimum atomic E-state index is 1.04. The summed E-state index contributed by atoms with van der Waals surface area (Å²) in [5.74, 6) is 0. The van der Waals surface area contributed by atoms with Gasteiger partial charge in [0.25, 0.3) is 0 Å². The molecule has 1 atom stereocenters. The molecule has 1 nitrogen and oxygen atoms in total. The second kappa shape index (κ2) is 6.12. The monoisotopic (exact) mass is 208 g/mol. The Morgan fingerprint density at radius 1 is 1.07 bits per heavy atom. The number of nitrogens with zero attached hydrogens (tertiary/aromatic N) is 1. The molecule has 0 aromatic rings. The Balaban J connectivity index is 2.10. The lowest BCUT2D eigenvalue weighted by Crippen LogP contribution is -2.35. The zero-order valence-electron chi connectivity index (χ0n) is 10.6. The van der Waals surface area contributed by atoms with Crippen LogP contribution in [0.4, 0.5) is 0 Å². The third-order valence-corrected chi connectivity index (χ3v) is 3.53. The maximum Gasteiger partial charge on any atom is 0.110 e. The van der Waals surface area contributed by atoms with Crippen LogP contribution in [0.15, 0.2) is 24.0 Å². The normalized spacial score (nSPS) is 24.6. The first-order valence-corrected chi connectivity index (χ1v) is 6.41. The molecule has 0 aromatic carbocycles. The van der Waals surface area contributed by atoms with E-state index in [4.69, 9.17) is 0 Å². The van der Waals surface area contributed by atoms with Crippen molar-refractivity contribution < 1.29 is 4.48 Å². The second-order valence-corrected chi connectivity index (χ2v) is 4.91. The zero-order valence-corrected chi connectivity index (χ0v) is 10.6. The number of rotatable bonds is 7. The van der Waals surface area contributed by atoms with Gasteiger partial charge in [-0.15, -0.1) is 0 Å². The van der Waals surface area contributed by atoms with Crippen LogP contribution in [0.5, 0.6) is 0 Å². The maximum atomic E-state index is 2.31. The largest absolute Gasteiger partial charge is 0.271 e. The second-order valence-electron chi connectivity index (χ2n) is 4.91. The van der Waals surface area contributed by atoms with Gasteiger partial charge in [-0.25, -0.2) is 0 Å². The first-order chi connectivity index (χ1) is 7.19. The fraction of sp³-hybridized carbons (Fsp3) is 0.714. The average molecular weight is 208 g/mol. The SMILES string of the molecule is CCCCCCCC[N+]1(C)C=CC=C1C. The fourth-order valence-electron chi connectivity index (χ4n) is 2.13. The van der Waals surface area contributed by atoms with Crippen LogP contribution in [0.3, 0.4) is 0 Å². The summed E-state index contributed by atoms with van der Waals surface area (Å²) in [5.41, 5.74) is 1.48. The van der Waals surface area contributed by atoms with Crippen LogP contribution in [0.1, 0.15) is 52.4 Å².